The van der Waals surface area contributed by atoms with Crippen LogP contribution in [-0.2, 0) is 33.6 Å². The van der Waals surface area contributed by atoms with Crippen molar-refractivity contribution in [1.82, 2.24) is 14.9 Å². The molecule has 1 N–H and O–H groups in total. The minimum absolute atomic E-state index is 0.0439. The monoisotopic (exact) mass is 723 g/mol. The van der Waals surface area contributed by atoms with Gasteiger partial charge in [-0.3, -0.25) is 9.68 Å². The second-order valence-corrected chi connectivity index (χ2v) is 12.0. The van der Waals surface area contributed by atoms with Crippen LogP contribution >= 0.6 is 11.6 Å². The van der Waals surface area contributed by atoms with Crippen LogP contribution in [-0.4, -0.2) is 53.7 Å². The van der Waals surface area contributed by atoms with Crippen LogP contribution in [0.3, 0.4) is 0 Å². The van der Waals surface area contributed by atoms with Gasteiger partial charge in [-0.1, -0.05) is 17.7 Å². The fourth-order valence-electron chi connectivity index (χ4n) is 3.70. The summed E-state index contributed by atoms with van der Waals surface area (Å²) in [6, 6.07) is 11.3. The first kappa shape index (κ1) is 37.6. The number of halogens is 8. The van der Waals surface area contributed by atoms with Gasteiger partial charge in [0, 0.05) is 31.1 Å². The first-order valence-electron chi connectivity index (χ1n) is 12.8. The number of benzene rings is 3. The Labute approximate surface area is 272 Å². The quantitative estimate of drug-likeness (QED) is 0.0918. The average Bonchev–Trinajstić information content (AvgIpc) is 3.00. The molecule has 256 valence electrons. The fraction of sp³-hybridized carbons (Fsp3) is 0.172. The van der Waals surface area contributed by atoms with E-state index in [1.807, 2.05) is 0 Å². The molecule has 1 aromatic heterocycles. The van der Waals surface area contributed by atoms with Crippen LogP contribution in [0.1, 0.15) is 37.4 Å². The van der Waals surface area contributed by atoms with Crippen molar-refractivity contribution in [3.63, 3.8) is 0 Å². The molecule has 0 aliphatic heterocycles. The number of hydrogen-bond donors (Lipinski definition) is 1. The van der Waals surface area contributed by atoms with Crippen molar-refractivity contribution in [1.29, 1.82) is 0 Å². The number of alkyl halides is 6. The number of aromatic nitrogens is 2. The number of hydrogen-bond acceptors (Lipinski definition) is 9. The summed E-state index contributed by atoms with van der Waals surface area (Å²) in [5.41, 5.74) is -3.83. The minimum atomic E-state index is -5.08. The highest BCUT2D eigenvalue weighted by molar-refractivity contribution is 7.90. The van der Waals surface area contributed by atoms with Gasteiger partial charge in [0.15, 0.2) is 0 Å². The Balaban J connectivity index is 0.000000480. The van der Waals surface area contributed by atoms with E-state index >= 15 is 0 Å². The van der Waals surface area contributed by atoms with Gasteiger partial charge in [-0.2, -0.15) is 36.6 Å². The molecule has 0 spiro atoms. The molecular formula is C29H21ClF7N3O7S. The zero-order valence-corrected chi connectivity index (χ0v) is 25.9. The zero-order valence-electron chi connectivity index (χ0n) is 24.3. The number of ether oxygens (including phenoxy) is 1. The summed E-state index contributed by atoms with van der Waals surface area (Å²) in [7, 11) is -2.89. The maximum absolute atomic E-state index is 13.2. The second kappa shape index (κ2) is 15.0. The first-order valence-corrected chi connectivity index (χ1v) is 15.1. The highest BCUT2D eigenvalue weighted by Crippen LogP contribution is 2.36. The predicted molar refractivity (Wildman–Crippen MR) is 153 cm³/mol. The molecule has 4 aromatic rings. The average molecular weight is 724 g/mol. The van der Waals surface area contributed by atoms with Crippen molar-refractivity contribution >= 4 is 33.3 Å². The van der Waals surface area contributed by atoms with Crippen LogP contribution in [0.2, 0.25) is 5.02 Å². The van der Waals surface area contributed by atoms with Crippen LogP contribution in [0.5, 0.6) is 11.6 Å². The number of sulfone groups is 1. The Hall–Kier alpha value is -4.81. The third-order valence-electron chi connectivity index (χ3n) is 5.88. The van der Waals surface area contributed by atoms with E-state index in [1.54, 1.807) is 12.1 Å². The lowest BCUT2D eigenvalue weighted by atomic mass is 10.0. The summed E-state index contributed by atoms with van der Waals surface area (Å²) < 4.78 is 121. The summed E-state index contributed by atoms with van der Waals surface area (Å²) in [6.07, 6.45) is -8.59. The van der Waals surface area contributed by atoms with Crippen LogP contribution in [0.15, 0.2) is 78.1 Å². The summed E-state index contributed by atoms with van der Waals surface area (Å²) in [4.78, 5) is 35.2. The van der Waals surface area contributed by atoms with Gasteiger partial charge in [-0.25, -0.2) is 22.6 Å². The fourth-order valence-corrected chi connectivity index (χ4v) is 4.38. The molecular weight excluding hydrogens is 703 g/mol. The number of rotatable bonds is 7. The first-order chi connectivity index (χ1) is 22.2. The van der Waals surface area contributed by atoms with Crippen molar-refractivity contribution in [3.05, 3.63) is 112 Å². The van der Waals surface area contributed by atoms with E-state index in [9.17, 15) is 48.7 Å². The van der Waals surface area contributed by atoms with Gasteiger partial charge in [0.25, 0.3) is 5.91 Å². The van der Waals surface area contributed by atoms with Gasteiger partial charge >= 0.3 is 18.3 Å². The van der Waals surface area contributed by atoms with Gasteiger partial charge in [0.1, 0.15) is 17.1 Å². The molecule has 0 aliphatic carbocycles. The van der Waals surface area contributed by atoms with Crippen molar-refractivity contribution in [3.8, 4) is 11.6 Å². The largest absolute Gasteiger partial charge is 0.438 e. The summed E-state index contributed by atoms with van der Waals surface area (Å²) >= 11 is 5.56. The maximum Gasteiger partial charge on any atom is 0.416 e. The van der Waals surface area contributed by atoms with Crippen LogP contribution < -0.4 is 4.74 Å². The van der Waals surface area contributed by atoms with E-state index in [2.05, 4.69) is 14.9 Å². The van der Waals surface area contributed by atoms with Gasteiger partial charge in [-0.05, 0) is 66.2 Å². The molecule has 0 atom stereocenters. The molecule has 4 rings (SSSR count). The van der Waals surface area contributed by atoms with Crippen molar-refractivity contribution in [2.75, 3.05) is 13.3 Å². The SMILES string of the molecule is CN(Cc1cc(C(F)(F)F)cc(C(F)(F)F)c1)C(=O)c1cnc(S(C)(=O)=O)nc1Oc1ccc(F)cc1.O=C(OO)c1cccc(Cl)c1. The van der Waals surface area contributed by atoms with Gasteiger partial charge < -0.3 is 9.64 Å². The van der Waals surface area contributed by atoms with Crippen LogP contribution in [0.25, 0.3) is 0 Å². The highest BCUT2D eigenvalue weighted by atomic mass is 35.5. The molecule has 0 bridgehead atoms. The molecule has 1 heterocycles. The maximum atomic E-state index is 13.2. The summed E-state index contributed by atoms with van der Waals surface area (Å²) in [5.74, 6) is -3.08. The third kappa shape index (κ3) is 10.3. The van der Waals surface area contributed by atoms with E-state index in [1.165, 1.54) is 12.1 Å². The minimum Gasteiger partial charge on any atom is -0.438 e. The molecule has 0 aliphatic rings. The Morgan fingerprint density at radius 1 is 0.938 bits per heavy atom. The van der Waals surface area contributed by atoms with Crippen molar-refractivity contribution < 1.29 is 63.6 Å². The lowest BCUT2D eigenvalue weighted by Gasteiger charge is -2.20. The molecule has 0 radical (unpaired) electrons. The highest BCUT2D eigenvalue weighted by Gasteiger charge is 2.37. The molecule has 10 nitrogen and oxygen atoms in total. The number of carbonyl (C=O) groups excluding carboxylic acids is 2. The van der Waals surface area contributed by atoms with E-state index in [0.29, 0.717) is 17.2 Å². The Morgan fingerprint density at radius 2 is 1.52 bits per heavy atom. The smallest absolute Gasteiger partial charge is 0.416 e. The Morgan fingerprint density at radius 3 is 2.02 bits per heavy atom. The molecule has 19 heteroatoms. The van der Waals surface area contributed by atoms with E-state index in [4.69, 9.17) is 21.6 Å². The van der Waals surface area contributed by atoms with E-state index < -0.39 is 79.7 Å². The van der Waals surface area contributed by atoms with Gasteiger partial charge in [0.2, 0.25) is 20.9 Å². The number of nitrogens with zero attached hydrogens (tertiary/aromatic N) is 3. The summed E-state index contributed by atoms with van der Waals surface area (Å²) in [5, 5.41) is 7.69. The number of amides is 1. The Kier molecular flexibility index (Phi) is 11.7. The number of carbonyl (C=O) groups is 2. The van der Waals surface area contributed by atoms with Gasteiger partial charge in [-0.15, -0.1) is 0 Å². The molecule has 0 saturated heterocycles. The van der Waals surface area contributed by atoms with E-state index in [-0.39, 0.29) is 17.4 Å². The second-order valence-electron chi connectivity index (χ2n) is 9.66. The predicted octanol–water partition coefficient (Wildman–Crippen LogP) is 7.09. The lowest BCUT2D eigenvalue weighted by molar-refractivity contribution is -0.182. The van der Waals surface area contributed by atoms with Crippen LogP contribution in [0, 0.1) is 5.82 Å². The standard InChI is InChI=1S/C22H16F7N3O4S.C7H5ClO3/c1-32(11-12-7-13(21(24,25)26)9-14(8-12)22(27,28)29)19(33)17-10-30-20(37(2,34)35)31-18(17)36-16-5-3-15(23)4-6-16;8-6-3-1-2-5(4-6)7(9)11-10/h3-10H,11H2,1-2H3;1-4,10H. The van der Waals surface area contributed by atoms with Crippen molar-refractivity contribution in [2.45, 2.75) is 24.1 Å². The normalized spacial score (nSPS) is 11.6. The van der Waals surface area contributed by atoms with Crippen molar-refractivity contribution in [2.24, 2.45) is 0 Å². The van der Waals surface area contributed by atoms with Crippen LogP contribution in [0.4, 0.5) is 30.7 Å². The third-order valence-corrected chi connectivity index (χ3v) is 6.97. The van der Waals surface area contributed by atoms with E-state index in [0.717, 1.165) is 48.7 Å². The topological polar surface area (TPSA) is 136 Å². The molecule has 0 unspecified atom stereocenters. The molecule has 0 fully saturated rings. The zero-order chi connectivity index (χ0) is 36.0. The Bertz CT molecular complexity index is 1870. The summed E-state index contributed by atoms with van der Waals surface area (Å²) in [6.45, 7) is -0.699. The lowest BCUT2D eigenvalue weighted by Crippen LogP contribution is -2.27. The molecule has 48 heavy (non-hydrogen) atoms. The molecule has 1 amide bonds. The molecule has 3 aromatic carbocycles. The molecule has 0 saturated carbocycles. The van der Waals surface area contributed by atoms with Gasteiger partial charge in [0.05, 0.1) is 16.7 Å².